The number of hydrogen-bond acceptors (Lipinski definition) is 4. The molecule has 0 aromatic carbocycles. The summed E-state index contributed by atoms with van der Waals surface area (Å²) in [5, 5.41) is 0. The molecule has 1 heterocycles. The lowest BCUT2D eigenvalue weighted by molar-refractivity contribution is 0.456. The lowest BCUT2D eigenvalue weighted by atomic mass is 10.0. The Morgan fingerprint density at radius 2 is 1.95 bits per heavy atom. The first kappa shape index (κ1) is 11.7. The molecule has 3 aliphatic rings. The summed E-state index contributed by atoms with van der Waals surface area (Å²) in [5.41, 5.74) is 5.66. The topological polar surface area (TPSA) is 85.1 Å². The summed E-state index contributed by atoms with van der Waals surface area (Å²) in [6.45, 7) is 0. The second-order valence-electron chi connectivity index (χ2n) is 6.02. The highest BCUT2D eigenvalue weighted by molar-refractivity contribution is 7.89. The Morgan fingerprint density at radius 3 is 2.58 bits per heavy atom. The van der Waals surface area contributed by atoms with Crippen molar-refractivity contribution in [3.8, 4) is 0 Å². The van der Waals surface area contributed by atoms with E-state index in [1.54, 1.807) is 6.07 Å². The maximum Gasteiger partial charge on any atom is 0.244 e. The third kappa shape index (κ3) is 1.63. The molecule has 3 aliphatic carbocycles. The van der Waals surface area contributed by atoms with Crippen LogP contribution >= 0.6 is 0 Å². The Morgan fingerprint density at radius 1 is 1.26 bits per heavy atom. The molecular weight excluding hydrogens is 262 g/mol. The minimum absolute atomic E-state index is 0.0729. The number of nitrogens with zero attached hydrogens (tertiary/aromatic N) is 1. The Kier molecular flexibility index (Phi) is 2.27. The Balaban J connectivity index is 1.57. The Bertz CT molecular complexity index is 615. The fourth-order valence-corrected chi connectivity index (χ4v) is 5.74. The molecular formula is C13H17N3O2S. The molecule has 1 aromatic heterocycles. The smallest absolute Gasteiger partial charge is 0.244 e. The van der Waals surface area contributed by atoms with E-state index < -0.39 is 10.0 Å². The second kappa shape index (κ2) is 3.70. The molecule has 2 bridgehead atoms. The van der Waals surface area contributed by atoms with Gasteiger partial charge in [0.25, 0.3) is 0 Å². The van der Waals surface area contributed by atoms with Crippen LogP contribution in [0.2, 0.25) is 0 Å². The number of fused-ring (bicyclic) bond motifs is 5. The van der Waals surface area contributed by atoms with Gasteiger partial charge in [0.2, 0.25) is 10.0 Å². The van der Waals surface area contributed by atoms with Crippen molar-refractivity contribution in [2.45, 2.75) is 30.2 Å². The van der Waals surface area contributed by atoms with Gasteiger partial charge < -0.3 is 5.73 Å². The van der Waals surface area contributed by atoms with Crippen LogP contribution in [0.3, 0.4) is 0 Å². The quantitative estimate of drug-likeness (QED) is 0.864. The van der Waals surface area contributed by atoms with Gasteiger partial charge >= 0.3 is 0 Å². The van der Waals surface area contributed by atoms with Gasteiger partial charge in [0.15, 0.2) is 0 Å². The SMILES string of the molecule is Nc1ncccc1S(=O)(=O)NC1C2C3CCC(C3)C12. The fraction of sp³-hybridized carbons (Fsp3) is 0.615. The first-order valence-corrected chi connectivity index (χ1v) is 8.29. The summed E-state index contributed by atoms with van der Waals surface area (Å²) >= 11 is 0. The average Bonchev–Trinajstić information content (AvgIpc) is 2.77. The summed E-state index contributed by atoms with van der Waals surface area (Å²) in [4.78, 5) is 3.95. The van der Waals surface area contributed by atoms with Crippen LogP contribution in [0, 0.1) is 23.7 Å². The maximum atomic E-state index is 12.3. The standard InChI is InChI=1S/C13H17N3O2S/c14-13-9(2-1-5-15-13)19(17,18)16-12-10-7-3-4-8(6-7)11(10)12/h1-2,5,7-8,10-12,16H,3-4,6H2,(H2,14,15). The van der Waals surface area contributed by atoms with Gasteiger partial charge in [-0.25, -0.2) is 18.1 Å². The predicted octanol–water partition coefficient (Wildman–Crippen LogP) is 0.987. The number of pyridine rings is 1. The minimum Gasteiger partial charge on any atom is -0.383 e. The van der Waals surface area contributed by atoms with Crippen molar-refractivity contribution in [1.82, 2.24) is 9.71 Å². The van der Waals surface area contributed by atoms with Gasteiger partial charge in [0, 0.05) is 12.2 Å². The minimum atomic E-state index is -3.53. The molecule has 5 nitrogen and oxygen atoms in total. The number of nitrogens with two attached hydrogens (primary N) is 1. The van der Waals surface area contributed by atoms with Gasteiger partial charge in [-0.15, -0.1) is 0 Å². The van der Waals surface area contributed by atoms with Gasteiger partial charge in [0.05, 0.1) is 0 Å². The lowest BCUT2D eigenvalue weighted by Gasteiger charge is -2.12. The molecule has 4 rings (SSSR count). The molecule has 4 atom stereocenters. The third-order valence-electron chi connectivity index (χ3n) is 5.12. The van der Waals surface area contributed by atoms with Crippen LogP contribution in [0.15, 0.2) is 23.2 Å². The van der Waals surface area contributed by atoms with Crippen molar-refractivity contribution in [3.05, 3.63) is 18.3 Å². The zero-order chi connectivity index (χ0) is 13.2. The van der Waals surface area contributed by atoms with Gasteiger partial charge in [0.1, 0.15) is 10.7 Å². The number of anilines is 1. The summed E-state index contributed by atoms with van der Waals surface area (Å²) in [6, 6.07) is 3.25. The van der Waals surface area contributed by atoms with Crippen LogP contribution in [0.1, 0.15) is 19.3 Å². The summed E-state index contributed by atoms with van der Waals surface area (Å²) in [7, 11) is -3.53. The molecule has 0 amide bonds. The van der Waals surface area contributed by atoms with Crippen LogP contribution in [0.5, 0.6) is 0 Å². The maximum absolute atomic E-state index is 12.3. The molecule has 19 heavy (non-hydrogen) atoms. The van der Waals surface area contributed by atoms with E-state index >= 15 is 0 Å². The van der Waals surface area contributed by atoms with Crippen molar-refractivity contribution in [2.24, 2.45) is 23.7 Å². The molecule has 3 N–H and O–H groups in total. The monoisotopic (exact) mass is 279 g/mol. The van der Waals surface area contributed by atoms with E-state index in [-0.39, 0.29) is 16.8 Å². The lowest BCUT2D eigenvalue weighted by Crippen LogP contribution is -2.30. The third-order valence-corrected chi connectivity index (χ3v) is 6.62. The van der Waals surface area contributed by atoms with E-state index in [9.17, 15) is 8.42 Å². The zero-order valence-corrected chi connectivity index (χ0v) is 11.3. The number of rotatable bonds is 3. The van der Waals surface area contributed by atoms with Crippen LogP contribution in [-0.4, -0.2) is 19.4 Å². The summed E-state index contributed by atoms with van der Waals surface area (Å²) in [6.07, 6.45) is 5.36. The van der Waals surface area contributed by atoms with Crippen molar-refractivity contribution in [2.75, 3.05) is 5.73 Å². The van der Waals surface area contributed by atoms with Gasteiger partial charge in [-0.3, -0.25) is 0 Å². The number of aromatic nitrogens is 1. The summed E-state index contributed by atoms with van der Waals surface area (Å²) < 4.78 is 27.5. The van der Waals surface area contributed by atoms with Crippen LogP contribution in [0.4, 0.5) is 5.82 Å². The van der Waals surface area contributed by atoms with E-state index in [2.05, 4.69) is 9.71 Å². The van der Waals surface area contributed by atoms with Crippen molar-refractivity contribution < 1.29 is 8.42 Å². The molecule has 3 fully saturated rings. The molecule has 0 aliphatic heterocycles. The highest BCUT2D eigenvalue weighted by Crippen LogP contribution is 2.65. The largest absolute Gasteiger partial charge is 0.383 e. The number of nitrogen functional groups attached to an aromatic ring is 1. The van der Waals surface area contributed by atoms with E-state index in [0.717, 1.165) is 11.8 Å². The first-order chi connectivity index (χ1) is 9.08. The molecule has 1 aromatic rings. The predicted molar refractivity (Wildman–Crippen MR) is 70.6 cm³/mol. The Hall–Kier alpha value is -1.14. The highest BCUT2D eigenvalue weighted by atomic mass is 32.2. The normalized spacial score (nSPS) is 39.3. The van der Waals surface area contributed by atoms with E-state index in [0.29, 0.717) is 11.8 Å². The molecule has 102 valence electrons. The summed E-state index contributed by atoms with van der Waals surface area (Å²) in [5.74, 6) is 2.71. The number of sulfonamides is 1. The fourth-order valence-electron chi connectivity index (χ4n) is 4.36. The van der Waals surface area contributed by atoms with Crippen molar-refractivity contribution in [3.63, 3.8) is 0 Å². The second-order valence-corrected chi connectivity index (χ2v) is 7.70. The van der Waals surface area contributed by atoms with Crippen molar-refractivity contribution in [1.29, 1.82) is 0 Å². The van der Waals surface area contributed by atoms with E-state index in [4.69, 9.17) is 5.73 Å². The highest BCUT2D eigenvalue weighted by Gasteiger charge is 2.65. The van der Waals surface area contributed by atoms with Gasteiger partial charge in [-0.1, -0.05) is 0 Å². The van der Waals surface area contributed by atoms with Crippen LogP contribution in [0.25, 0.3) is 0 Å². The average molecular weight is 279 g/mol. The van der Waals surface area contributed by atoms with Gasteiger partial charge in [-0.05, 0) is 55.1 Å². The molecule has 3 saturated carbocycles. The van der Waals surface area contributed by atoms with Crippen LogP contribution < -0.4 is 10.5 Å². The molecule has 0 spiro atoms. The number of hydrogen-bond donors (Lipinski definition) is 2. The van der Waals surface area contributed by atoms with Crippen LogP contribution in [-0.2, 0) is 10.0 Å². The van der Waals surface area contributed by atoms with E-state index in [1.165, 1.54) is 31.5 Å². The molecule has 0 radical (unpaired) electrons. The molecule has 6 heteroatoms. The molecule has 0 saturated heterocycles. The number of nitrogens with one attached hydrogen (secondary N) is 1. The molecule has 4 unspecified atom stereocenters. The first-order valence-electron chi connectivity index (χ1n) is 6.81. The van der Waals surface area contributed by atoms with E-state index in [1.807, 2.05) is 0 Å². The van der Waals surface area contributed by atoms with Gasteiger partial charge in [-0.2, -0.15) is 0 Å². The van der Waals surface area contributed by atoms with Crippen molar-refractivity contribution >= 4 is 15.8 Å². The Labute approximate surface area is 112 Å². The zero-order valence-electron chi connectivity index (χ0n) is 10.5.